The second kappa shape index (κ2) is 9.25. The van der Waals surface area contributed by atoms with Gasteiger partial charge in [0.2, 0.25) is 0 Å². The Labute approximate surface area is 161 Å². The number of hydrogen-bond acceptors (Lipinski definition) is 3. The summed E-state index contributed by atoms with van der Waals surface area (Å²) < 4.78 is 39.3. The fraction of sp³-hybridized carbons (Fsp3) is 0.0667. The van der Waals surface area contributed by atoms with Gasteiger partial charge in [0.15, 0.2) is 0 Å². The van der Waals surface area contributed by atoms with Gasteiger partial charge in [0.05, 0.1) is 0 Å². The molecule has 0 aromatic heterocycles. The lowest BCUT2D eigenvalue weighted by atomic mass is 10.2. The van der Waals surface area contributed by atoms with Gasteiger partial charge < -0.3 is 10.2 Å². The minimum atomic E-state index is -1.61. The average Bonchev–Trinajstić information content (AvgIpc) is 2.44. The quantitative estimate of drug-likeness (QED) is 0.548. The van der Waals surface area contributed by atoms with Gasteiger partial charge in [-0.2, -0.15) is 0 Å². The summed E-state index contributed by atoms with van der Waals surface area (Å²) in [6.45, 7) is 0. The van der Waals surface area contributed by atoms with E-state index in [1.54, 1.807) is 12.3 Å². The highest BCUT2D eigenvalue weighted by Gasteiger charge is 2.17. The van der Waals surface area contributed by atoms with Crippen molar-refractivity contribution in [3.8, 4) is 0 Å². The molecule has 0 aliphatic heterocycles. The summed E-state index contributed by atoms with van der Waals surface area (Å²) in [6.07, 6.45) is 1.70. The molecule has 0 aliphatic rings. The van der Waals surface area contributed by atoms with Crippen LogP contribution in [0.25, 0.3) is 0 Å². The van der Waals surface area contributed by atoms with Crippen molar-refractivity contribution < 1.29 is 33.0 Å². The standard InChI is InChI=1S/C8H6BrFO2S.C7H3BrF2O2/c1-13-6-3-4(9)2-5(10)7(6)8(11)12;8-3-1-4(9)6(7(11)12)5(10)2-3/h2-3H,1H3,(H,11,12);1-2H,(H,11,12). The van der Waals surface area contributed by atoms with Gasteiger partial charge in [-0.1, -0.05) is 31.9 Å². The predicted molar refractivity (Wildman–Crippen MR) is 93.9 cm³/mol. The maximum atomic E-state index is 13.1. The zero-order valence-corrected chi connectivity index (χ0v) is 16.3. The molecular weight excluding hydrogens is 493 g/mol. The Kier molecular flexibility index (Phi) is 7.97. The van der Waals surface area contributed by atoms with E-state index >= 15 is 0 Å². The minimum Gasteiger partial charge on any atom is -0.478 e. The molecule has 0 aliphatic carbocycles. The molecule has 2 rings (SSSR count). The van der Waals surface area contributed by atoms with Gasteiger partial charge in [-0.05, 0) is 30.5 Å². The fourth-order valence-corrected chi connectivity index (χ4v) is 3.28. The van der Waals surface area contributed by atoms with Gasteiger partial charge in [0, 0.05) is 13.8 Å². The third-order valence-corrected chi connectivity index (χ3v) is 4.35. The van der Waals surface area contributed by atoms with Crippen molar-refractivity contribution >= 4 is 55.6 Å². The Balaban J connectivity index is 0.000000251. The lowest BCUT2D eigenvalue weighted by Crippen LogP contribution is -2.04. The van der Waals surface area contributed by atoms with Gasteiger partial charge >= 0.3 is 11.9 Å². The SMILES string of the molecule is CSc1cc(Br)cc(F)c1C(=O)O.O=C(O)c1c(F)cc(Br)cc1F. The van der Waals surface area contributed by atoms with Crippen LogP contribution in [0.5, 0.6) is 0 Å². The topological polar surface area (TPSA) is 74.6 Å². The van der Waals surface area contributed by atoms with Crippen LogP contribution in [0.2, 0.25) is 0 Å². The zero-order chi connectivity index (χ0) is 19.3. The lowest BCUT2D eigenvalue weighted by molar-refractivity contribution is 0.0675. The molecule has 10 heteroatoms. The minimum absolute atomic E-state index is 0.169. The molecule has 0 amide bonds. The first-order valence-corrected chi connectivity index (χ1v) is 9.03. The van der Waals surface area contributed by atoms with E-state index in [1.165, 1.54) is 11.8 Å². The summed E-state index contributed by atoms with van der Waals surface area (Å²) in [5.41, 5.74) is -1.20. The first kappa shape index (κ1) is 21.5. The Morgan fingerprint density at radius 2 is 1.20 bits per heavy atom. The second-order valence-electron chi connectivity index (χ2n) is 4.32. The van der Waals surface area contributed by atoms with Crippen LogP contribution in [-0.2, 0) is 0 Å². The fourth-order valence-electron chi connectivity index (χ4n) is 1.67. The van der Waals surface area contributed by atoms with Crippen molar-refractivity contribution in [1.82, 2.24) is 0 Å². The normalized spacial score (nSPS) is 10.0. The van der Waals surface area contributed by atoms with Gasteiger partial charge in [0.25, 0.3) is 0 Å². The van der Waals surface area contributed by atoms with Crippen LogP contribution in [0.3, 0.4) is 0 Å². The first-order chi connectivity index (χ1) is 11.6. The van der Waals surface area contributed by atoms with Crippen LogP contribution < -0.4 is 0 Å². The lowest BCUT2D eigenvalue weighted by Gasteiger charge is -2.04. The molecule has 0 fully saturated rings. The number of carbonyl (C=O) groups is 2. The van der Waals surface area contributed by atoms with Crippen LogP contribution in [-0.4, -0.2) is 28.4 Å². The van der Waals surface area contributed by atoms with Crippen LogP contribution in [0.1, 0.15) is 20.7 Å². The van der Waals surface area contributed by atoms with E-state index in [1.807, 2.05) is 0 Å². The zero-order valence-electron chi connectivity index (χ0n) is 12.3. The number of aromatic carboxylic acids is 2. The monoisotopic (exact) mass is 500 g/mol. The highest BCUT2D eigenvalue weighted by molar-refractivity contribution is 9.10. The maximum absolute atomic E-state index is 13.1. The van der Waals surface area contributed by atoms with E-state index in [4.69, 9.17) is 10.2 Å². The predicted octanol–water partition coefficient (Wildman–Crippen LogP) is 5.43. The summed E-state index contributed by atoms with van der Waals surface area (Å²) in [6, 6.07) is 4.51. The molecule has 0 radical (unpaired) electrons. The molecule has 0 atom stereocenters. The number of carboxylic acids is 2. The summed E-state index contributed by atoms with van der Waals surface area (Å²) in [7, 11) is 0. The van der Waals surface area contributed by atoms with Gasteiger partial charge in [-0.15, -0.1) is 11.8 Å². The molecule has 2 N–H and O–H groups in total. The van der Waals surface area contributed by atoms with Crippen LogP contribution in [0.4, 0.5) is 13.2 Å². The Morgan fingerprint density at radius 1 is 0.840 bits per heavy atom. The third kappa shape index (κ3) is 5.75. The van der Waals surface area contributed by atoms with E-state index in [2.05, 4.69) is 31.9 Å². The second-order valence-corrected chi connectivity index (χ2v) is 7.00. The highest BCUT2D eigenvalue weighted by Crippen LogP contribution is 2.27. The van der Waals surface area contributed by atoms with E-state index in [0.29, 0.717) is 9.37 Å². The molecule has 0 unspecified atom stereocenters. The van der Waals surface area contributed by atoms with Crippen molar-refractivity contribution in [3.63, 3.8) is 0 Å². The molecular formula is C15H9Br2F3O4S. The van der Waals surface area contributed by atoms with Gasteiger partial charge in [-0.3, -0.25) is 0 Å². The molecule has 4 nitrogen and oxygen atoms in total. The van der Waals surface area contributed by atoms with Gasteiger partial charge in [-0.25, -0.2) is 22.8 Å². The third-order valence-electron chi connectivity index (χ3n) is 2.67. The largest absolute Gasteiger partial charge is 0.478 e. The Bertz CT molecular complexity index is 808. The number of hydrogen-bond donors (Lipinski definition) is 2. The molecule has 134 valence electrons. The van der Waals surface area contributed by atoms with Crippen LogP contribution in [0.15, 0.2) is 38.1 Å². The maximum Gasteiger partial charge on any atom is 0.341 e. The molecule has 0 heterocycles. The number of benzene rings is 2. The van der Waals surface area contributed by atoms with Crippen LogP contribution in [0, 0.1) is 17.5 Å². The average molecular weight is 502 g/mol. The molecule has 25 heavy (non-hydrogen) atoms. The van der Waals surface area contributed by atoms with E-state index in [0.717, 1.165) is 18.2 Å². The van der Waals surface area contributed by atoms with Crippen LogP contribution >= 0.6 is 43.6 Å². The number of thioether (sulfide) groups is 1. The van der Waals surface area contributed by atoms with Crippen molar-refractivity contribution in [1.29, 1.82) is 0 Å². The molecule has 0 bridgehead atoms. The summed E-state index contributed by atoms with van der Waals surface area (Å²) >= 11 is 7.12. The van der Waals surface area contributed by atoms with E-state index in [9.17, 15) is 22.8 Å². The summed E-state index contributed by atoms with van der Waals surface area (Å²) in [5.74, 6) is -5.75. The number of halogens is 5. The Morgan fingerprint density at radius 3 is 1.56 bits per heavy atom. The number of carboxylic acid groups (broad SMARTS) is 2. The summed E-state index contributed by atoms with van der Waals surface area (Å²) in [4.78, 5) is 21.3. The van der Waals surface area contributed by atoms with E-state index < -0.39 is 35.0 Å². The smallest absolute Gasteiger partial charge is 0.341 e. The van der Waals surface area contributed by atoms with Gasteiger partial charge in [0.1, 0.15) is 28.6 Å². The highest BCUT2D eigenvalue weighted by atomic mass is 79.9. The summed E-state index contributed by atoms with van der Waals surface area (Å²) in [5, 5.41) is 17.0. The Hall–Kier alpha value is -1.52. The number of rotatable bonds is 3. The molecule has 2 aromatic carbocycles. The first-order valence-electron chi connectivity index (χ1n) is 6.22. The molecule has 0 saturated heterocycles. The molecule has 0 spiro atoms. The molecule has 2 aromatic rings. The van der Waals surface area contributed by atoms with Crippen molar-refractivity contribution in [2.75, 3.05) is 6.26 Å². The van der Waals surface area contributed by atoms with Crippen molar-refractivity contribution in [2.24, 2.45) is 0 Å². The van der Waals surface area contributed by atoms with Crippen molar-refractivity contribution in [2.45, 2.75) is 4.90 Å². The molecule has 0 saturated carbocycles. The van der Waals surface area contributed by atoms with E-state index in [-0.39, 0.29) is 10.0 Å². The van der Waals surface area contributed by atoms with Crippen molar-refractivity contribution in [3.05, 3.63) is 61.8 Å².